The molecular formula is C10H12O. The molecule has 1 aliphatic carbocycles. The maximum Gasteiger partial charge on any atom is 0.118 e. The van der Waals surface area contributed by atoms with Gasteiger partial charge in [0.1, 0.15) is 5.76 Å². The molecule has 0 saturated heterocycles. The number of allylic oxidation sites excluding steroid dienone is 5. The van der Waals surface area contributed by atoms with Gasteiger partial charge in [0.05, 0.1) is 7.11 Å². The molecule has 0 aromatic heterocycles. The second-order valence-electron chi connectivity index (χ2n) is 2.31. The molecule has 1 aliphatic rings. The smallest absolute Gasteiger partial charge is 0.118 e. The Bertz CT molecular complexity index is 231. The van der Waals surface area contributed by atoms with Gasteiger partial charge in [-0.1, -0.05) is 37.0 Å². The summed E-state index contributed by atoms with van der Waals surface area (Å²) in [4.78, 5) is 0. The first kappa shape index (κ1) is 7.86. The van der Waals surface area contributed by atoms with Gasteiger partial charge in [-0.25, -0.2) is 0 Å². The molecule has 0 atom stereocenters. The van der Waals surface area contributed by atoms with Crippen molar-refractivity contribution in [3.8, 4) is 0 Å². The SMILES string of the molecule is C=C(OC)C1=CCC=CC=C1. The molecule has 0 N–H and O–H groups in total. The van der Waals surface area contributed by atoms with Crippen molar-refractivity contribution in [2.45, 2.75) is 6.42 Å². The van der Waals surface area contributed by atoms with E-state index < -0.39 is 0 Å². The standard InChI is InChI=1S/C10H12O/c1-9(11-2)10-7-5-3-4-6-8-10/h3-5,7-8H,1,6H2,2H3. The van der Waals surface area contributed by atoms with Gasteiger partial charge in [-0.2, -0.15) is 0 Å². The highest BCUT2D eigenvalue weighted by atomic mass is 16.5. The lowest BCUT2D eigenvalue weighted by atomic mass is 10.2. The zero-order valence-electron chi connectivity index (χ0n) is 6.71. The second-order valence-corrected chi connectivity index (χ2v) is 2.31. The van der Waals surface area contributed by atoms with E-state index >= 15 is 0 Å². The lowest BCUT2D eigenvalue weighted by molar-refractivity contribution is 0.304. The van der Waals surface area contributed by atoms with Gasteiger partial charge in [-0.15, -0.1) is 0 Å². The van der Waals surface area contributed by atoms with Gasteiger partial charge >= 0.3 is 0 Å². The van der Waals surface area contributed by atoms with Crippen molar-refractivity contribution in [3.05, 3.63) is 48.3 Å². The van der Waals surface area contributed by atoms with E-state index in [9.17, 15) is 0 Å². The summed E-state index contributed by atoms with van der Waals surface area (Å²) >= 11 is 0. The Balaban J connectivity index is 2.72. The minimum Gasteiger partial charge on any atom is -0.497 e. The van der Waals surface area contributed by atoms with E-state index in [1.165, 1.54) is 0 Å². The molecule has 11 heavy (non-hydrogen) atoms. The summed E-state index contributed by atoms with van der Waals surface area (Å²) in [6.07, 6.45) is 11.1. The molecule has 0 radical (unpaired) electrons. The van der Waals surface area contributed by atoms with Gasteiger partial charge in [-0.05, 0) is 6.42 Å². The topological polar surface area (TPSA) is 9.23 Å². The summed E-state index contributed by atoms with van der Waals surface area (Å²) in [5, 5.41) is 0. The Hall–Kier alpha value is -1.24. The minimum atomic E-state index is 0.727. The second kappa shape index (κ2) is 3.81. The Morgan fingerprint density at radius 2 is 2.36 bits per heavy atom. The van der Waals surface area contributed by atoms with Crippen molar-refractivity contribution < 1.29 is 4.74 Å². The largest absolute Gasteiger partial charge is 0.497 e. The molecule has 0 aromatic carbocycles. The van der Waals surface area contributed by atoms with Crippen LogP contribution in [0.25, 0.3) is 0 Å². The molecule has 0 amide bonds. The third-order valence-corrected chi connectivity index (χ3v) is 1.57. The number of rotatable bonds is 2. The number of methoxy groups -OCH3 is 1. The van der Waals surface area contributed by atoms with Crippen molar-refractivity contribution in [1.29, 1.82) is 0 Å². The molecule has 0 heterocycles. The zero-order valence-corrected chi connectivity index (χ0v) is 6.71. The molecule has 0 spiro atoms. The highest BCUT2D eigenvalue weighted by molar-refractivity contribution is 5.37. The predicted molar refractivity (Wildman–Crippen MR) is 47.1 cm³/mol. The van der Waals surface area contributed by atoms with Crippen LogP contribution in [0.2, 0.25) is 0 Å². The summed E-state index contributed by atoms with van der Waals surface area (Å²) in [6.45, 7) is 3.77. The summed E-state index contributed by atoms with van der Waals surface area (Å²) in [7, 11) is 1.63. The van der Waals surface area contributed by atoms with Crippen molar-refractivity contribution >= 4 is 0 Å². The van der Waals surface area contributed by atoms with Crippen LogP contribution >= 0.6 is 0 Å². The van der Waals surface area contributed by atoms with E-state index in [-0.39, 0.29) is 0 Å². The van der Waals surface area contributed by atoms with Crippen molar-refractivity contribution in [1.82, 2.24) is 0 Å². The van der Waals surface area contributed by atoms with Crippen LogP contribution in [0.15, 0.2) is 48.3 Å². The van der Waals surface area contributed by atoms with Gasteiger partial charge < -0.3 is 4.74 Å². The highest BCUT2D eigenvalue weighted by Crippen LogP contribution is 2.13. The van der Waals surface area contributed by atoms with Crippen LogP contribution in [-0.4, -0.2) is 7.11 Å². The van der Waals surface area contributed by atoms with Gasteiger partial charge in [-0.3, -0.25) is 0 Å². The first-order chi connectivity index (χ1) is 5.34. The van der Waals surface area contributed by atoms with Crippen LogP contribution in [0, 0.1) is 0 Å². The Morgan fingerprint density at radius 1 is 1.55 bits per heavy atom. The van der Waals surface area contributed by atoms with E-state index in [0.29, 0.717) is 0 Å². The van der Waals surface area contributed by atoms with Crippen molar-refractivity contribution in [2.75, 3.05) is 7.11 Å². The molecule has 0 unspecified atom stereocenters. The van der Waals surface area contributed by atoms with Crippen molar-refractivity contribution in [2.24, 2.45) is 0 Å². The first-order valence-corrected chi connectivity index (χ1v) is 3.61. The molecule has 0 bridgehead atoms. The van der Waals surface area contributed by atoms with Gasteiger partial charge in [0.2, 0.25) is 0 Å². The summed E-state index contributed by atoms with van der Waals surface area (Å²) in [5.74, 6) is 0.727. The third kappa shape index (κ3) is 2.11. The summed E-state index contributed by atoms with van der Waals surface area (Å²) in [6, 6.07) is 0. The normalized spacial score (nSPS) is 15.5. The Labute approximate surface area is 67.4 Å². The van der Waals surface area contributed by atoms with Gasteiger partial charge in [0, 0.05) is 5.57 Å². The molecule has 1 nitrogen and oxygen atoms in total. The Kier molecular flexibility index (Phi) is 2.73. The molecule has 58 valence electrons. The monoisotopic (exact) mass is 148 g/mol. The average molecular weight is 148 g/mol. The average Bonchev–Trinajstić information content (AvgIpc) is 2.30. The minimum absolute atomic E-state index is 0.727. The van der Waals surface area contributed by atoms with Gasteiger partial charge in [0.15, 0.2) is 0 Å². The van der Waals surface area contributed by atoms with Crippen LogP contribution in [-0.2, 0) is 4.74 Å². The predicted octanol–water partition coefficient (Wildman–Crippen LogP) is 2.59. The molecule has 1 heteroatoms. The fourth-order valence-electron chi connectivity index (χ4n) is 0.904. The number of ether oxygens (including phenoxy) is 1. The van der Waals surface area contributed by atoms with E-state index in [1.807, 2.05) is 18.2 Å². The van der Waals surface area contributed by atoms with E-state index in [2.05, 4.69) is 18.7 Å². The van der Waals surface area contributed by atoms with E-state index in [4.69, 9.17) is 4.74 Å². The zero-order chi connectivity index (χ0) is 8.10. The van der Waals surface area contributed by atoms with Crippen LogP contribution in [0.1, 0.15) is 6.42 Å². The van der Waals surface area contributed by atoms with Crippen LogP contribution in [0.5, 0.6) is 0 Å². The molecule has 0 saturated carbocycles. The van der Waals surface area contributed by atoms with E-state index in [0.717, 1.165) is 17.8 Å². The lowest BCUT2D eigenvalue weighted by Gasteiger charge is -2.02. The molecule has 0 aliphatic heterocycles. The molecule has 1 rings (SSSR count). The molecule has 0 aromatic rings. The van der Waals surface area contributed by atoms with Crippen LogP contribution < -0.4 is 0 Å². The fraction of sp³-hybridized carbons (Fsp3) is 0.200. The van der Waals surface area contributed by atoms with E-state index in [1.54, 1.807) is 7.11 Å². The van der Waals surface area contributed by atoms with Crippen LogP contribution in [0.4, 0.5) is 0 Å². The van der Waals surface area contributed by atoms with Crippen molar-refractivity contribution in [3.63, 3.8) is 0 Å². The lowest BCUT2D eigenvalue weighted by Crippen LogP contribution is -1.86. The summed E-state index contributed by atoms with van der Waals surface area (Å²) < 4.78 is 5.00. The van der Waals surface area contributed by atoms with Gasteiger partial charge in [0.25, 0.3) is 0 Å². The fourth-order valence-corrected chi connectivity index (χ4v) is 0.904. The Morgan fingerprint density at radius 3 is 3.09 bits per heavy atom. The highest BCUT2D eigenvalue weighted by Gasteiger charge is 1.97. The summed E-state index contributed by atoms with van der Waals surface area (Å²) in [5.41, 5.74) is 1.07. The molecular weight excluding hydrogens is 136 g/mol. The molecule has 0 fully saturated rings. The third-order valence-electron chi connectivity index (χ3n) is 1.57. The maximum absolute atomic E-state index is 5.00. The van der Waals surface area contributed by atoms with Crippen LogP contribution in [0.3, 0.4) is 0 Å². The number of hydrogen-bond acceptors (Lipinski definition) is 1. The maximum atomic E-state index is 5.00. The first-order valence-electron chi connectivity index (χ1n) is 3.61. The quantitative estimate of drug-likeness (QED) is 0.547. The number of hydrogen-bond donors (Lipinski definition) is 0.